The quantitative estimate of drug-likeness (QED) is 0.803. The van der Waals surface area contributed by atoms with Crippen molar-refractivity contribution in [1.82, 2.24) is 5.32 Å². The molecule has 1 aliphatic heterocycles. The largest absolute Gasteiger partial charge is 0.488 e. The van der Waals surface area contributed by atoms with Gasteiger partial charge in [-0.15, -0.1) is 0 Å². The van der Waals surface area contributed by atoms with Gasteiger partial charge in [0.15, 0.2) is 11.6 Å². The van der Waals surface area contributed by atoms with Crippen molar-refractivity contribution in [3.05, 3.63) is 28.5 Å². The van der Waals surface area contributed by atoms with E-state index in [1.165, 1.54) is 6.07 Å². The summed E-state index contributed by atoms with van der Waals surface area (Å²) < 4.78 is 25.8. The van der Waals surface area contributed by atoms with Crippen molar-refractivity contribution in [2.75, 3.05) is 19.7 Å². The second-order valence-electron chi connectivity index (χ2n) is 5.90. The van der Waals surface area contributed by atoms with Gasteiger partial charge in [-0.2, -0.15) is 0 Å². The Hall–Kier alpha value is -0.650. The van der Waals surface area contributed by atoms with Gasteiger partial charge >= 0.3 is 0 Å². The molecule has 1 fully saturated rings. The molecule has 2 atom stereocenters. The minimum Gasteiger partial charge on any atom is -0.488 e. The van der Waals surface area contributed by atoms with Crippen LogP contribution < -0.4 is 10.1 Å². The van der Waals surface area contributed by atoms with E-state index in [1.54, 1.807) is 12.1 Å². The van der Waals surface area contributed by atoms with Crippen molar-refractivity contribution >= 4 is 15.9 Å². The number of nitrogens with one attached hydrogen (secondary N) is 1. The summed E-state index contributed by atoms with van der Waals surface area (Å²) in [6, 6.07) is 4.81. The van der Waals surface area contributed by atoms with E-state index < -0.39 is 0 Å². The Bertz CT molecular complexity index is 456. The zero-order chi connectivity index (χ0) is 15.2. The van der Waals surface area contributed by atoms with Crippen LogP contribution in [0.4, 0.5) is 4.39 Å². The Balaban J connectivity index is 1.70. The molecule has 0 aromatic heterocycles. The number of hydrogen-bond donors (Lipinski definition) is 1. The minimum atomic E-state index is -0.350. The molecule has 1 heterocycles. The summed E-state index contributed by atoms with van der Waals surface area (Å²) in [5.74, 6) is 0.576. The molecule has 5 heteroatoms. The molecule has 0 radical (unpaired) electrons. The average Bonchev–Trinajstić information content (AvgIpc) is 2.85. The van der Waals surface area contributed by atoms with E-state index in [0.717, 1.165) is 25.9 Å². The lowest BCUT2D eigenvalue weighted by atomic mass is 10.2. The lowest BCUT2D eigenvalue weighted by Crippen LogP contribution is -2.30. The van der Waals surface area contributed by atoms with Gasteiger partial charge in [0, 0.05) is 11.0 Å². The zero-order valence-corrected chi connectivity index (χ0v) is 14.2. The van der Waals surface area contributed by atoms with Crippen molar-refractivity contribution in [2.24, 2.45) is 5.92 Å². The Morgan fingerprint density at radius 1 is 1.38 bits per heavy atom. The summed E-state index contributed by atoms with van der Waals surface area (Å²) in [4.78, 5) is 0. The lowest BCUT2D eigenvalue weighted by Gasteiger charge is -2.16. The molecule has 2 unspecified atom stereocenters. The highest BCUT2D eigenvalue weighted by Gasteiger charge is 2.25. The first-order valence-corrected chi connectivity index (χ1v) is 8.28. The molecule has 0 amide bonds. The van der Waals surface area contributed by atoms with Gasteiger partial charge in [0.1, 0.15) is 6.61 Å². The van der Waals surface area contributed by atoms with E-state index in [4.69, 9.17) is 9.47 Å². The number of benzene rings is 1. The topological polar surface area (TPSA) is 30.5 Å². The van der Waals surface area contributed by atoms with Gasteiger partial charge in [-0.05, 0) is 43.5 Å². The van der Waals surface area contributed by atoms with Crippen molar-refractivity contribution in [3.63, 3.8) is 0 Å². The predicted octanol–water partition coefficient (Wildman–Crippen LogP) is 3.76. The van der Waals surface area contributed by atoms with Gasteiger partial charge in [0.25, 0.3) is 0 Å². The molecule has 1 aromatic rings. The maximum absolute atomic E-state index is 13.6. The SMILES string of the molecule is CC(C)CNCC1CCC(COc2ccc(Br)cc2F)O1. The molecular formula is C16H23BrFNO2. The molecule has 3 nitrogen and oxygen atoms in total. The molecule has 0 saturated carbocycles. The van der Waals surface area contributed by atoms with Gasteiger partial charge in [-0.25, -0.2) is 4.39 Å². The van der Waals surface area contributed by atoms with Crippen molar-refractivity contribution < 1.29 is 13.9 Å². The normalized spacial score (nSPS) is 22.0. The Morgan fingerprint density at radius 2 is 2.14 bits per heavy atom. The summed E-state index contributed by atoms with van der Waals surface area (Å²) in [6.07, 6.45) is 2.29. The summed E-state index contributed by atoms with van der Waals surface area (Å²) in [7, 11) is 0. The van der Waals surface area contributed by atoms with Crippen LogP contribution in [0.1, 0.15) is 26.7 Å². The molecule has 0 spiro atoms. The van der Waals surface area contributed by atoms with E-state index in [1.807, 2.05) is 0 Å². The Morgan fingerprint density at radius 3 is 2.86 bits per heavy atom. The molecule has 1 saturated heterocycles. The highest BCUT2D eigenvalue weighted by Crippen LogP contribution is 2.24. The maximum Gasteiger partial charge on any atom is 0.166 e. The number of hydrogen-bond acceptors (Lipinski definition) is 3. The van der Waals surface area contributed by atoms with Crippen LogP contribution in [0.2, 0.25) is 0 Å². The summed E-state index contributed by atoms with van der Waals surface area (Å²) in [6.45, 7) is 6.66. The second-order valence-corrected chi connectivity index (χ2v) is 6.81. The molecule has 118 valence electrons. The molecule has 1 N–H and O–H groups in total. The zero-order valence-electron chi connectivity index (χ0n) is 12.6. The third-order valence-corrected chi connectivity index (χ3v) is 3.93. The number of ether oxygens (including phenoxy) is 2. The van der Waals surface area contributed by atoms with Gasteiger partial charge in [0.05, 0.1) is 12.2 Å². The smallest absolute Gasteiger partial charge is 0.166 e. The average molecular weight is 360 g/mol. The van der Waals surface area contributed by atoms with Crippen LogP contribution in [0.3, 0.4) is 0 Å². The van der Waals surface area contributed by atoms with Crippen LogP contribution in [0, 0.1) is 11.7 Å². The van der Waals surface area contributed by atoms with Crippen LogP contribution in [-0.2, 0) is 4.74 Å². The Kier molecular flexibility index (Phi) is 6.45. The van der Waals surface area contributed by atoms with Crippen LogP contribution in [0.15, 0.2) is 22.7 Å². The molecule has 2 rings (SSSR count). The first-order valence-electron chi connectivity index (χ1n) is 7.48. The van der Waals surface area contributed by atoms with Crippen LogP contribution in [-0.4, -0.2) is 31.9 Å². The van der Waals surface area contributed by atoms with E-state index in [-0.39, 0.29) is 23.8 Å². The Labute approximate surface area is 134 Å². The fraction of sp³-hybridized carbons (Fsp3) is 0.625. The monoisotopic (exact) mass is 359 g/mol. The molecular weight excluding hydrogens is 337 g/mol. The highest BCUT2D eigenvalue weighted by molar-refractivity contribution is 9.10. The van der Waals surface area contributed by atoms with E-state index in [0.29, 0.717) is 17.0 Å². The molecule has 1 aromatic carbocycles. The third kappa shape index (κ3) is 5.57. The minimum absolute atomic E-state index is 0.0545. The summed E-state index contributed by atoms with van der Waals surface area (Å²) >= 11 is 3.23. The predicted molar refractivity (Wildman–Crippen MR) is 85.2 cm³/mol. The maximum atomic E-state index is 13.6. The third-order valence-electron chi connectivity index (χ3n) is 3.44. The first-order chi connectivity index (χ1) is 10.0. The second kappa shape index (κ2) is 8.11. The first kappa shape index (κ1) is 16.7. The number of halogens is 2. The van der Waals surface area contributed by atoms with E-state index >= 15 is 0 Å². The highest BCUT2D eigenvalue weighted by atomic mass is 79.9. The molecule has 1 aliphatic rings. The van der Waals surface area contributed by atoms with Crippen LogP contribution in [0.5, 0.6) is 5.75 Å². The standard InChI is InChI=1S/C16H23BrFNO2/c1-11(2)8-19-9-13-4-5-14(21-13)10-20-16-6-3-12(17)7-15(16)18/h3,6-7,11,13-14,19H,4-5,8-10H2,1-2H3. The van der Waals surface area contributed by atoms with Gasteiger partial charge in [-0.3, -0.25) is 0 Å². The van der Waals surface area contributed by atoms with Gasteiger partial charge in [0.2, 0.25) is 0 Å². The van der Waals surface area contributed by atoms with Crippen molar-refractivity contribution in [2.45, 2.75) is 38.9 Å². The molecule has 0 bridgehead atoms. The van der Waals surface area contributed by atoms with Gasteiger partial charge in [-0.1, -0.05) is 29.8 Å². The fourth-order valence-electron chi connectivity index (χ4n) is 2.36. The summed E-state index contributed by atoms with van der Waals surface area (Å²) in [5.41, 5.74) is 0. The van der Waals surface area contributed by atoms with Crippen molar-refractivity contribution in [3.8, 4) is 5.75 Å². The number of rotatable bonds is 7. The molecule has 21 heavy (non-hydrogen) atoms. The van der Waals surface area contributed by atoms with Crippen LogP contribution in [0.25, 0.3) is 0 Å². The summed E-state index contributed by atoms with van der Waals surface area (Å²) in [5, 5.41) is 3.41. The van der Waals surface area contributed by atoms with E-state index in [9.17, 15) is 4.39 Å². The van der Waals surface area contributed by atoms with Crippen LogP contribution >= 0.6 is 15.9 Å². The fourth-order valence-corrected chi connectivity index (χ4v) is 2.69. The van der Waals surface area contributed by atoms with Gasteiger partial charge < -0.3 is 14.8 Å². The molecule has 0 aliphatic carbocycles. The van der Waals surface area contributed by atoms with Crippen molar-refractivity contribution in [1.29, 1.82) is 0 Å². The van der Waals surface area contributed by atoms with E-state index in [2.05, 4.69) is 35.1 Å². The lowest BCUT2D eigenvalue weighted by molar-refractivity contribution is 0.0176.